The molecule has 0 N–H and O–H groups in total. The highest BCUT2D eigenvalue weighted by molar-refractivity contribution is 7.47. The molecule has 14 heavy (non-hydrogen) atoms. The molecule has 14 heteroatoms. The van der Waals surface area contributed by atoms with Gasteiger partial charge in [0, 0.05) is 0 Å². The van der Waals surface area contributed by atoms with Gasteiger partial charge in [-0.15, -0.1) is 0 Å². The van der Waals surface area contributed by atoms with Gasteiger partial charge in [-0.05, 0) is 0 Å². The lowest BCUT2D eigenvalue weighted by atomic mass is 15.8. The van der Waals surface area contributed by atoms with Crippen LogP contribution >= 0.6 is 7.82 Å². The van der Waals surface area contributed by atoms with Gasteiger partial charge < -0.3 is 20.6 Å². The van der Waals surface area contributed by atoms with Crippen molar-refractivity contribution in [2.75, 3.05) is 0 Å². The van der Waals surface area contributed by atoms with Crippen LogP contribution in [0.5, 0.6) is 0 Å². The molecule has 10 nitrogen and oxygen atoms in total. The van der Waals surface area contributed by atoms with Gasteiger partial charge in [-0.3, -0.25) is 0 Å². The first-order chi connectivity index (χ1) is 6.25. The zero-order valence-electron chi connectivity index (χ0n) is 5.66. The second-order valence-corrected chi connectivity index (χ2v) is 9.31. The van der Waals surface area contributed by atoms with E-state index in [2.05, 4.69) is 8.56 Å². The third-order valence-corrected chi connectivity index (χ3v) is 8.50. The highest BCUT2D eigenvalue weighted by Crippen LogP contribution is 2.39. The van der Waals surface area contributed by atoms with E-state index >= 15 is 0 Å². The van der Waals surface area contributed by atoms with Crippen molar-refractivity contribution in [3.05, 3.63) is 0 Å². The lowest BCUT2D eigenvalue weighted by Gasteiger charge is -1.97. The van der Waals surface area contributed by atoms with E-state index in [-0.39, 0.29) is 0 Å². The van der Waals surface area contributed by atoms with E-state index in [1.54, 1.807) is 0 Å². The van der Waals surface area contributed by atoms with E-state index in [1.165, 1.54) is 0 Å². The van der Waals surface area contributed by atoms with E-state index in [0.717, 1.165) is 0 Å². The lowest BCUT2D eigenvalue weighted by Crippen LogP contribution is -4.01. The molecule has 0 aliphatic rings. The molecule has 0 unspecified atom stereocenters. The predicted octanol–water partition coefficient (Wildman–Crippen LogP) is -15.6. The van der Waals surface area contributed by atoms with Crippen LogP contribution in [0.2, 0.25) is 0 Å². The highest BCUT2D eigenvalue weighted by atomic mass is 127. The van der Waals surface area contributed by atoms with Crippen LogP contribution in [0.15, 0.2) is 0 Å². The van der Waals surface area contributed by atoms with E-state index in [0.29, 0.717) is 0 Å². The zero-order chi connectivity index (χ0) is 11.4. The first-order valence-electron chi connectivity index (χ1n) is 2.12. The fraction of sp³-hybridized carbons (Fsp3) is 0. The minimum Gasteiger partial charge on any atom is -0.395 e. The Morgan fingerprint density at radius 2 is 0.929 bits per heavy atom. The maximum absolute atomic E-state index is 10.9. The van der Waals surface area contributed by atoms with Crippen molar-refractivity contribution in [1.29, 1.82) is 0 Å². The molecule has 0 rings (SSSR count). The first-order valence-corrected chi connectivity index (χ1v) is 11.5. The van der Waals surface area contributed by atoms with Crippen LogP contribution < -0.4 is 83.8 Å². The zero-order valence-corrected chi connectivity index (χ0v) is 13.0. The summed E-state index contributed by atoms with van der Waals surface area (Å²) in [5, 5.41) is 0. The number of hydrogen-bond donors (Lipinski definition) is 0. The molecule has 0 spiro atoms. The quantitative estimate of drug-likeness (QED) is 0.219. The Hall–Kier alpha value is 2.06. The van der Waals surface area contributed by atoms with E-state index < -0.39 is 71.0 Å². The summed E-state index contributed by atoms with van der Waals surface area (Å²) in [4.78, 5) is 0. The summed E-state index contributed by atoms with van der Waals surface area (Å²) in [6, 6.07) is 0. The second-order valence-electron chi connectivity index (χ2n) is 1.22. The minimum absolute atomic E-state index is 3.49. The van der Waals surface area contributed by atoms with Crippen molar-refractivity contribution in [1.82, 2.24) is 0 Å². The standard InChI is InChI=1S/I3O10P/c4-1(5)11-14(10,12-2(6)7)13-3(8)9. The molecule has 0 heterocycles. The van der Waals surface area contributed by atoms with Crippen molar-refractivity contribution >= 4 is 7.82 Å². The van der Waals surface area contributed by atoms with Gasteiger partial charge in [0.05, 0.1) is 0 Å². The normalized spacial score (nSPS) is 13.2. The van der Waals surface area contributed by atoms with Crippen LogP contribution in [0.4, 0.5) is 0 Å². The molecule has 0 aliphatic heterocycles. The SMILES string of the molecule is O=P(O[I+2]([O-])[O-])(O[I+2]([O-])[O-])O[I+2]([O-])[O-]. The molecule has 0 aromatic heterocycles. The summed E-state index contributed by atoms with van der Waals surface area (Å²) in [6.45, 7) is 0. The molecular formula is I3O10P. The van der Waals surface area contributed by atoms with Crippen molar-refractivity contribution in [3.63, 3.8) is 0 Å². The Balaban J connectivity index is 4.41. The fourth-order valence-corrected chi connectivity index (χ4v) is 8.48. The molecule has 0 aromatic rings. The summed E-state index contributed by atoms with van der Waals surface area (Å²) in [6.07, 6.45) is 0. The highest BCUT2D eigenvalue weighted by Gasteiger charge is 2.59. The van der Waals surface area contributed by atoms with Gasteiger partial charge in [-0.2, -0.15) is 0 Å². The first kappa shape index (κ1) is 16.1. The summed E-state index contributed by atoms with van der Waals surface area (Å²) >= 11 is -13.8. The van der Waals surface area contributed by atoms with E-state index in [9.17, 15) is 25.2 Å². The van der Waals surface area contributed by atoms with Gasteiger partial charge in [-0.25, -0.2) is 4.57 Å². The maximum atomic E-state index is 10.9. The molecule has 0 amide bonds. The van der Waals surface area contributed by atoms with Crippen molar-refractivity contribution in [3.8, 4) is 0 Å². The van der Waals surface area contributed by atoms with E-state index in [4.69, 9.17) is 0 Å². The monoisotopic (exact) mass is 572 g/mol. The summed E-state index contributed by atoms with van der Waals surface area (Å²) in [5.41, 5.74) is 0. The number of rotatable bonds is 6. The largest absolute Gasteiger partial charge is 0.711 e. The molecular weight excluding hydrogens is 572 g/mol. The molecule has 0 aromatic carbocycles. The van der Waals surface area contributed by atoms with Crippen LogP contribution in [0.25, 0.3) is 0 Å². The van der Waals surface area contributed by atoms with Gasteiger partial charge >= 0.3 is 71.0 Å². The molecule has 0 fully saturated rings. The van der Waals surface area contributed by atoms with Crippen molar-refractivity contribution in [2.24, 2.45) is 0 Å². The fourth-order valence-electron chi connectivity index (χ4n) is 0.239. The Morgan fingerprint density at radius 3 is 1.07 bits per heavy atom. The average Bonchev–Trinajstić information content (AvgIpc) is 1.76. The van der Waals surface area contributed by atoms with Crippen LogP contribution in [0.3, 0.4) is 0 Å². The van der Waals surface area contributed by atoms with Crippen molar-refractivity contribution in [2.45, 2.75) is 0 Å². The molecule has 0 aliphatic carbocycles. The third-order valence-electron chi connectivity index (χ3n) is 0.423. The predicted molar refractivity (Wildman–Crippen MR) is 10.9 cm³/mol. The summed E-state index contributed by atoms with van der Waals surface area (Å²) in [5.74, 6) is 0. The lowest BCUT2D eigenvalue weighted by molar-refractivity contribution is -1.64. The van der Waals surface area contributed by atoms with Gasteiger partial charge in [0.2, 0.25) is 0 Å². The summed E-state index contributed by atoms with van der Waals surface area (Å²) in [7, 11) is -5.05. The molecule has 0 radical (unpaired) electrons. The van der Waals surface area contributed by atoms with Gasteiger partial charge in [0.25, 0.3) is 0 Å². The molecule has 0 saturated heterocycles. The van der Waals surface area contributed by atoms with Crippen LogP contribution in [-0.4, -0.2) is 0 Å². The van der Waals surface area contributed by atoms with Gasteiger partial charge in [0.15, 0.2) is 0 Å². The number of phosphoric acid groups is 1. The molecule has 0 bridgehead atoms. The Morgan fingerprint density at radius 1 is 0.714 bits per heavy atom. The maximum Gasteiger partial charge on any atom is 0.711 e. The Labute approximate surface area is 104 Å². The minimum atomic E-state index is -5.05. The van der Waals surface area contributed by atoms with E-state index in [1.807, 2.05) is 0 Å². The van der Waals surface area contributed by atoms with Crippen molar-refractivity contribution < 1.29 is 96.9 Å². The smallest absolute Gasteiger partial charge is 0.395 e. The Kier molecular flexibility index (Phi) is 8.49. The van der Waals surface area contributed by atoms with Crippen LogP contribution in [0.1, 0.15) is 0 Å². The van der Waals surface area contributed by atoms with Gasteiger partial charge in [-0.1, -0.05) is 0 Å². The average molecular weight is 572 g/mol. The molecule has 0 saturated carbocycles. The van der Waals surface area contributed by atoms with Crippen LogP contribution in [0, 0.1) is 0 Å². The van der Waals surface area contributed by atoms with Gasteiger partial charge in [0.1, 0.15) is 8.56 Å². The Bertz CT molecular complexity index is 166. The molecule has 0 atom stereocenters. The number of halogens is 3. The topological polar surface area (TPSA) is 183 Å². The summed E-state index contributed by atoms with van der Waals surface area (Å²) < 4.78 is 81.3. The second kappa shape index (κ2) is 7.40. The number of hydrogen-bond acceptors (Lipinski definition) is 10. The van der Waals surface area contributed by atoms with Crippen LogP contribution in [-0.2, 0) is 13.1 Å². The third kappa shape index (κ3) is 8.24. The molecule has 86 valence electrons.